The van der Waals surface area contributed by atoms with Gasteiger partial charge in [0.1, 0.15) is 5.65 Å². The van der Waals surface area contributed by atoms with E-state index in [1.54, 1.807) is 24.5 Å². The highest BCUT2D eigenvalue weighted by atomic mass is 32.1. The Kier molecular flexibility index (Phi) is 4.07. The summed E-state index contributed by atoms with van der Waals surface area (Å²) in [6.45, 7) is 2.19. The Balaban J connectivity index is 1.69. The van der Waals surface area contributed by atoms with Crippen molar-refractivity contribution in [3.8, 4) is 11.1 Å². The molecule has 0 radical (unpaired) electrons. The van der Waals surface area contributed by atoms with Gasteiger partial charge in [-0.15, -0.1) is 11.3 Å². The van der Waals surface area contributed by atoms with Crippen LogP contribution < -0.4 is 4.90 Å². The van der Waals surface area contributed by atoms with E-state index in [1.807, 2.05) is 53.6 Å². The molecule has 5 heteroatoms. The molecule has 4 rings (SSSR count). The molecule has 0 aliphatic carbocycles. The van der Waals surface area contributed by atoms with Gasteiger partial charge in [0.25, 0.3) is 0 Å². The maximum absolute atomic E-state index is 12.2. The van der Waals surface area contributed by atoms with Gasteiger partial charge in [-0.2, -0.15) is 0 Å². The monoisotopic (exact) mass is 347 g/mol. The fraction of sp³-hybridized carbons (Fsp3) is 0.100. The van der Waals surface area contributed by atoms with Crippen LogP contribution in [0, 0.1) is 0 Å². The lowest BCUT2D eigenvalue weighted by atomic mass is 10.1. The summed E-state index contributed by atoms with van der Waals surface area (Å²) >= 11 is 1.59. The Hall–Kier alpha value is -2.92. The molecule has 25 heavy (non-hydrogen) atoms. The van der Waals surface area contributed by atoms with Gasteiger partial charge in [-0.05, 0) is 34.9 Å². The second-order valence-electron chi connectivity index (χ2n) is 5.86. The second kappa shape index (κ2) is 6.53. The SMILES string of the molecule is CC(=O)N(Cc1ccccc1)c1cc(-c2ccnc3[nH]ccc23)cs1. The lowest BCUT2D eigenvalue weighted by molar-refractivity contribution is -0.116. The quantitative estimate of drug-likeness (QED) is 0.574. The number of pyridine rings is 1. The average molecular weight is 347 g/mol. The van der Waals surface area contributed by atoms with E-state index in [-0.39, 0.29) is 5.91 Å². The van der Waals surface area contributed by atoms with Gasteiger partial charge in [0.15, 0.2) is 0 Å². The summed E-state index contributed by atoms with van der Waals surface area (Å²) < 4.78 is 0. The number of aromatic nitrogens is 2. The summed E-state index contributed by atoms with van der Waals surface area (Å²) in [7, 11) is 0. The summed E-state index contributed by atoms with van der Waals surface area (Å²) in [5.41, 5.74) is 4.21. The predicted octanol–water partition coefficient (Wildman–Crippen LogP) is 4.84. The first-order chi connectivity index (χ1) is 12.2. The van der Waals surface area contributed by atoms with E-state index < -0.39 is 0 Å². The Bertz CT molecular complexity index is 1020. The zero-order valence-corrected chi connectivity index (χ0v) is 14.6. The average Bonchev–Trinajstić information content (AvgIpc) is 3.29. The van der Waals surface area contributed by atoms with Crippen LogP contribution in [0.25, 0.3) is 22.2 Å². The number of hydrogen-bond acceptors (Lipinski definition) is 3. The molecular formula is C20H17N3OS. The lowest BCUT2D eigenvalue weighted by Gasteiger charge is -2.19. The van der Waals surface area contributed by atoms with Crippen molar-refractivity contribution in [1.29, 1.82) is 0 Å². The molecule has 0 saturated heterocycles. The molecule has 1 N–H and O–H groups in total. The third-order valence-electron chi connectivity index (χ3n) is 4.19. The smallest absolute Gasteiger partial charge is 0.224 e. The van der Waals surface area contributed by atoms with E-state index >= 15 is 0 Å². The molecule has 0 saturated carbocycles. The van der Waals surface area contributed by atoms with Crippen molar-refractivity contribution in [2.75, 3.05) is 4.90 Å². The number of thiophene rings is 1. The van der Waals surface area contributed by atoms with Crippen LogP contribution in [0.15, 0.2) is 66.3 Å². The Labute approximate surface area is 149 Å². The van der Waals surface area contributed by atoms with E-state index in [4.69, 9.17) is 0 Å². The number of nitrogens with zero attached hydrogens (tertiary/aromatic N) is 2. The number of nitrogens with one attached hydrogen (secondary N) is 1. The van der Waals surface area contributed by atoms with Crippen LogP contribution in [0.1, 0.15) is 12.5 Å². The highest BCUT2D eigenvalue weighted by molar-refractivity contribution is 7.14. The van der Waals surface area contributed by atoms with E-state index in [2.05, 4.69) is 21.4 Å². The van der Waals surface area contributed by atoms with E-state index in [0.29, 0.717) is 6.54 Å². The molecule has 124 valence electrons. The number of anilines is 1. The standard InChI is InChI=1S/C20H17N3OS/c1-14(24)23(12-15-5-3-2-4-6-15)19-11-16(13-25-19)17-7-9-21-20-18(17)8-10-22-20/h2-11,13H,12H2,1H3,(H,21,22). The molecule has 0 unspecified atom stereocenters. The first-order valence-corrected chi connectivity index (χ1v) is 8.93. The van der Waals surface area contributed by atoms with Crippen molar-refractivity contribution in [2.24, 2.45) is 0 Å². The van der Waals surface area contributed by atoms with Crippen LogP contribution in [0.3, 0.4) is 0 Å². The van der Waals surface area contributed by atoms with Crippen LogP contribution in [0.5, 0.6) is 0 Å². The maximum atomic E-state index is 12.2. The molecule has 4 nitrogen and oxygen atoms in total. The van der Waals surface area contributed by atoms with Gasteiger partial charge in [-0.25, -0.2) is 4.98 Å². The first kappa shape index (κ1) is 15.6. The summed E-state index contributed by atoms with van der Waals surface area (Å²) in [5.74, 6) is 0.0405. The molecule has 3 heterocycles. The molecule has 1 aromatic carbocycles. The van der Waals surface area contributed by atoms with E-state index in [9.17, 15) is 4.79 Å². The molecular weight excluding hydrogens is 330 g/mol. The van der Waals surface area contributed by atoms with Crippen molar-refractivity contribution < 1.29 is 4.79 Å². The number of hydrogen-bond donors (Lipinski definition) is 1. The Morgan fingerprint density at radius 2 is 2.04 bits per heavy atom. The van der Waals surface area contributed by atoms with Crippen molar-refractivity contribution in [2.45, 2.75) is 13.5 Å². The lowest BCUT2D eigenvalue weighted by Crippen LogP contribution is -2.26. The minimum Gasteiger partial charge on any atom is -0.346 e. The molecule has 3 aromatic heterocycles. The fourth-order valence-corrected chi connectivity index (χ4v) is 3.89. The van der Waals surface area contributed by atoms with Gasteiger partial charge in [0.05, 0.1) is 11.5 Å². The molecule has 1 amide bonds. The predicted molar refractivity (Wildman–Crippen MR) is 103 cm³/mol. The largest absolute Gasteiger partial charge is 0.346 e. The van der Waals surface area contributed by atoms with Gasteiger partial charge in [-0.3, -0.25) is 9.69 Å². The van der Waals surface area contributed by atoms with Crippen LogP contribution in [-0.4, -0.2) is 15.9 Å². The van der Waals surface area contributed by atoms with Crippen molar-refractivity contribution in [1.82, 2.24) is 9.97 Å². The minimum absolute atomic E-state index is 0.0405. The minimum atomic E-state index is 0.0405. The van der Waals surface area contributed by atoms with Gasteiger partial charge in [0, 0.05) is 30.1 Å². The number of rotatable bonds is 4. The van der Waals surface area contributed by atoms with Gasteiger partial charge >= 0.3 is 0 Å². The van der Waals surface area contributed by atoms with E-state index in [0.717, 1.165) is 32.7 Å². The van der Waals surface area contributed by atoms with Crippen LogP contribution in [0.4, 0.5) is 5.00 Å². The highest BCUT2D eigenvalue weighted by Gasteiger charge is 2.16. The highest BCUT2D eigenvalue weighted by Crippen LogP contribution is 2.35. The van der Waals surface area contributed by atoms with Gasteiger partial charge in [-0.1, -0.05) is 30.3 Å². The van der Waals surface area contributed by atoms with Crippen LogP contribution in [-0.2, 0) is 11.3 Å². The maximum Gasteiger partial charge on any atom is 0.224 e. The molecule has 0 spiro atoms. The van der Waals surface area contributed by atoms with Crippen LogP contribution >= 0.6 is 11.3 Å². The number of carbonyl (C=O) groups excluding carboxylic acids is 1. The molecule has 0 bridgehead atoms. The van der Waals surface area contributed by atoms with Crippen LogP contribution in [0.2, 0.25) is 0 Å². The number of benzene rings is 1. The second-order valence-corrected chi connectivity index (χ2v) is 6.75. The summed E-state index contributed by atoms with van der Waals surface area (Å²) in [5, 5.41) is 4.13. The van der Waals surface area contributed by atoms with Crippen molar-refractivity contribution in [3.05, 3.63) is 71.9 Å². The number of carbonyl (C=O) groups is 1. The summed E-state index contributed by atoms with van der Waals surface area (Å²) in [4.78, 5) is 21.5. The molecule has 0 atom stereocenters. The normalized spacial score (nSPS) is 10.9. The third-order valence-corrected chi connectivity index (χ3v) is 5.14. The number of amides is 1. The van der Waals surface area contributed by atoms with Crippen molar-refractivity contribution in [3.63, 3.8) is 0 Å². The van der Waals surface area contributed by atoms with Gasteiger partial charge in [0.2, 0.25) is 5.91 Å². The zero-order valence-electron chi connectivity index (χ0n) is 13.8. The van der Waals surface area contributed by atoms with E-state index in [1.165, 1.54) is 0 Å². The third kappa shape index (κ3) is 3.06. The number of aromatic amines is 1. The summed E-state index contributed by atoms with van der Waals surface area (Å²) in [6, 6.07) is 16.2. The van der Waals surface area contributed by atoms with Crippen molar-refractivity contribution >= 4 is 33.3 Å². The van der Waals surface area contributed by atoms with Gasteiger partial charge < -0.3 is 4.98 Å². The molecule has 0 aliphatic heterocycles. The Morgan fingerprint density at radius 3 is 2.84 bits per heavy atom. The molecule has 0 fully saturated rings. The summed E-state index contributed by atoms with van der Waals surface area (Å²) in [6.07, 6.45) is 3.70. The fourth-order valence-electron chi connectivity index (χ4n) is 2.93. The molecule has 4 aromatic rings. The number of fused-ring (bicyclic) bond motifs is 1. The Morgan fingerprint density at radius 1 is 1.20 bits per heavy atom. The number of H-pyrrole nitrogens is 1. The molecule has 0 aliphatic rings. The zero-order chi connectivity index (χ0) is 17.2. The first-order valence-electron chi connectivity index (χ1n) is 8.05. The topological polar surface area (TPSA) is 49.0 Å².